The van der Waals surface area contributed by atoms with Crippen LogP contribution in [0.5, 0.6) is 5.75 Å². The lowest BCUT2D eigenvalue weighted by molar-refractivity contribution is -0.201. The summed E-state index contributed by atoms with van der Waals surface area (Å²) >= 11 is 0. The van der Waals surface area contributed by atoms with Gasteiger partial charge in [0.05, 0.1) is 29.2 Å². The number of carbonyl (C=O) groups excluding carboxylic acids is 1. The molecule has 0 aliphatic rings. The summed E-state index contributed by atoms with van der Waals surface area (Å²) in [6.45, 7) is -1.03. The number of phenolic OH excluding ortho intramolecular Hbond substituents is 1. The number of halogens is 3. The minimum atomic E-state index is -4.87. The molecule has 0 unspecified atom stereocenters. The van der Waals surface area contributed by atoms with Crippen LogP contribution < -0.4 is 11.1 Å². The van der Waals surface area contributed by atoms with Gasteiger partial charge in [0.25, 0.3) is 5.91 Å². The van der Waals surface area contributed by atoms with Crippen molar-refractivity contribution in [2.24, 2.45) is 0 Å². The Morgan fingerprint density at radius 2 is 1.87 bits per heavy atom. The molecule has 1 atom stereocenters. The summed E-state index contributed by atoms with van der Waals surface area (Å²) in [5, 5.41) is 20.6. The molecule has 0 saturated carbocycles. The van der Waals surface area contributed by atoms with Gasteiger partial charge in [-0.25, -0.2) is 4.98 Å². The number of nitrogens with zero attached hydrogens (tertiary/aromatic N) is 2. The average Bonchev–Trinajstić information content (AvgIpc) is 2.72. The lowest BCUT2D eigenvalue weighted by atomic mass is 10.0. The van der Waals surface area contributed by atoms with Crippen molar-refractivity contribution in [2.45, 2.75) is 12.3 Å². The summed E-state index contributed by atoms with van der Waals surface area (Å²) in [6, 6.07) is 10.6. The van der Waals surface area contributed by atoms with Gasteiger partial charge in [0.1, 0.15) is 5.75 Å². The summed E-state index contributed by atoms with van der Waals surface area (Å²) < 4.78 is 37.6. The van der Waals surface area contributed by atoms with Crippen molar-refractivity contribution >= 4 is 11.6 Å². The third-order valence-electron chi connectivity index (χ3n) is 4.24. The van der Waals surface area contributed by atoms with E-state index in [1.54, 1.807) is 24.3 Å². The van der Waals surface area contributed by atoms with E-state index < -0.39 is 24.7 Å². The standard InChI is InChI=1S/C20H17F3N4O3/c21-20(22,23)16(29)10-26-19(30)14-8-15(11-3-5-13(28)6-4-11)27-18(17(14)24)12-2-1-7-25-9-12/h1-9,16,28-29H,10,24H2,(H,26,30)/t16-/m1/s1. The van der Waals surface area contributed by atoms with E-state index in [9.17, 15) is 23.1 Å². The fourth-order valence-corrected chi connectivity index (χ4v) is 2.65. The SMILES string of the molecule is Nc1c(C(=O)NC[C@@H](O)C(F)(F)F)cc(-c2ccc(O)cc2)nc1-c1cccnc1. The number of rotatable bonds is 5. The van der Waals surface area contributed by atoms with Gasteiger partial charge >= 0.3 is 6.18 Å². The molecule has 2 heterocycles. The van der Waals surface area contributed by atoms with Crippen molar-refractivity contribution in [3.63, 3.8) is 0 Å². The first-order chi connectivity index (χ1) is 14.2. The van der Waals surface area contributed by atoms with Gasteiger partial charge in [0, 0.05) is 23.5 Å². The first-order valence-electron chi connectivity index (χ1n) is 8.70. The van der Waals surface area contributed by atoms with Crippen LogP contribution in [0.15, 0.2) is 54.9 Å². The molecule has 1 amide bonds. The molecule has 0 aliphatic carbocycles. The second-order valence-electron chi connectivity index (χ2n) is 6.37. The Kier molecular flexibility index (Phi) is 5.88. The van der Waals surface area contributed by atoms with E-state index in [1.165, 1.54) is 30.6 Å². The molecule has 10 heteroatoms. The van der Waals surface area contributed by atoms with Crippen LogP contribution in [-0.4, -0.2) is 44.9 Å². The highest BCUT2D eigenvalue weighted by Crippen LogP contribution is 2.31. The van der Waals surface area contributed by atoms with E-state index in [0.29, 0.717) is 16.8 Å². The first-order valence-corrected chi connectivity index (χ1v) is 8.70. The van der Waals surface area contributed by atoms with Crippen LogP contribution in [0.25, 0.3) is 22.5 Å². The molecule has 0 bridgehead atoms. The molecule has 0 spiro atoms. The molecular weight excluding hydrogens is 401 g/mol. The van der Waals surface area contributed by atoms with Crippen LogP contribution in [-0.2, 0) is 0 Å². The first kappa shape index (κ1) is 21.1. The highest BCUT2D eigenvalue weighted by Gasteiger charge is 2.38. The molecule has 3 rings (SSSR count). The number of phenols is 1. The molecule has 2 aromatic heterocycles. The van der Waals surface area contributed by atoms with Gasteiger partial charge in [-0.15, -0.1) is 0 Å². The number of carbonyl (C=O) groups is 1. The number of pyridine rings is 2. The second kappa shape index (κ2) is 8.37. The number of nitrogens with one attached hydrogen (secondary N) is 1. The number of benzene rings is 1. The molecular formula is C20H17F3N4O3. The van der Waals surface area contributed by atoms with Gasteiger partial charge in [0.2, 0.25) is 0 Å². The molecule has 3 aromatic rings. The van der Waals surface area contributed by atoms with Gasteiger partial charge in [-0.3, -0.25) is 9.78 Å². The quantitative estimate of drug-likeness (QED) is 0.506. The Morgan fingerprint density at radius 1 is 1.17 bits per heavy atom. The molecule has 0 aliphatic heterocycles. The molecule has 1 aromatic carbocycles. The van der Waals surface area contributed by atoms with E-state index in [-0.39, 0.29) is 22.7 Å². The topological polar surface area (TPSA) is 121 Å². The Labute approximate surface area is 169 Å². The number of aliphatic hydroxyl groups excluding tert-OH is 1. The summed E-state index contributed by atoms with van der Waals surface area (Å²) in [5.41, 5.74) is 7.51. The van der Waals surface area contributed by atoms with Crippen LogP contribution in [0, 0.1) is 0 Å². The largest absolute Gasteiger partial charge is 0.508 e. The number of hydrogen-bond donors (Lipinski definition) is 4. The molecule has 30 heavy (non-hydrogen) atoms. The lowest BCUT2D eigenvalue weighted by Gasteiger charge is -2.17. The number of alkyl halides is 3. The fourth-order valence-electron chi connectivity index (χ4n) is 2.65. The van der Waals surface area contributed by atoms with Gasteiger partial charge in [-0.05, 0) is 42.5 Å². The summed E-state index contributed by atoms with van der Waals surface area (Å²) in [7, 11) is 0. The van der Waals surface area contributed by atoms with Crippen molar-refractivity contribution < 1.29 is 28.2 Å². The minimum Gasteiger partial charge on any atom is -0.508 e. The van der Waals surface area contributed by atoms with Crippen molar-refractivity contribution in [2.75, 3.05) is 12.3 Å². The third kappa shape index (κ3) is 4.66. The number of hydrogen-bond acceptors (Lipinski definition) is 6. The molecule has 5 N–H and O–H groups in total. The maximum atomic E-state index is 12.6. The van der Waals surface area contributed by atoms with Gasteiger partial charge in [-0.1, -0.05) is 0 Å². The number of amides is 1. The van der Waals surface area contributed by atoms with Gasteiger partial charge in [0.15, 0.2) is 6.10 Å². The maximum absolute atomic E-state index is 12.6. The Hall–Kier alpha value is -3.66. The molecule has 156 valence electrons. The van der Waals surface area contributed by atoms with Gasteiger partial charge < -0.3 is 21.3 Å². The van der Waals surface area contributed by atoms with E-state index >= 15 is 0 Å². The van der Waals surface area contributed by atoms with Crippen LogP contribution in [0.3, 0.4) is 0 Å². The number of aromatic nitrogens is 2. The predicted octanol–water partition coefficient (Wildman–Crippen LogP) is 2.75. The van der Waals surface area contributed by atoms with Crippen LogP contribution in [0.4, 0.5) is 18.9 Å². The number of nitrogens with two attached hydrogens (primary N) is 1. The molecule has 0 fully saturated rings. The van der Waals surface area contributed by atoms with E-state index in [4.69, 9.17) is 10.8 Å². The Balaban J connectivity index is 2.04. The number of aromatic hydroxyl groups is 1. The zero-order chi connectivity index (χ0) is 21.9. The molecule has 7 nitrogen and oxygen atoms in total. The maximum Gasteiger partial charge on any atom is 0.416 e. The van der Waals surface area contributed by atoms with Crippen molar-refractivity contribution in [3.8, 4) is 28.3 Å². The van der Waals surface area contributed by atoms with E-state index in [1.807, 2.05) is 5.32 Å². The van der Waals surface area contributed by atoms with E-state index in [0.717, 1.165) is 0 Å². The smallest absolute Gasteiger partial charge is 0.416 e. The van der Waals surface area contributed by atoms with Gasteiger partial charge in [-0.2, -0.15) is 13.2 Å². The zero-order valence-electron chi connectivity index (χ0n) is 15.4. The average molecular weight is 418 g/mol. The highest BCUT2D eigenvalue weighted by molar-refractivity contribution is 6.03. The van der Waals surface area contributed by atoms with Crippen LogP contribution in [0.2, 0.25) is 0 Å². The second-order valence-corrected chi connectivity index (χ2v) is 6.37. The van der Waals surface area contributed by atoms with E-state index in [2.05, 4.69) is 9.97 Å². The number of anilines is 1. The molecule has 0 saturated heterocycles. The van der Waals surface area contributed by atoms with Crippen molar-refractivity contribution in [1.29, 1.82) is 0 Å². The monoisotopic (exact) mass is 418 g/mol. The normalized spacial score (nSPS) is 12.4. The lowest BCUT2D eigenvalue weighted by Crippen LogP contribution is -2.40. The Bertz CT molecular complexity index is 1040. The zero-order valence-corrected chi connectivity index (χ0v) is 15.4. The Morgan fingerprint density at radius 3 is 2.47 bits per heavy atom. The number of aliphatic hydroxyl groups is 1. The van der Waals surface area contributed by atoms with Crippen LogP contribution >= 0.6 is 0 Å². The highest BCUT2D eigenvalue weighted by atomic mass is 19.4. The third-order valence-corrected chi connectivity index (χ3v) is 4.24. The predicted molar refractivity (Wildman–Crippen MR) is 103 cm³/mol. The summed E-state index contributed by atoms with van der Waals surface area (Å²) in [4.78, 5) is 21.0. The number of nitrogen functional groups attached to an aromatic ring is 1. The van der Waals surface area contributed by atoms with Crippen molar-refractivity contribution in [1.82, 2.24) is 15.3 Å². The fraction of sp³-hybridized carbons (Fsp3) is 0.150. The minimum absolute atomic E-state index is 0.0285. The van der Waals surface area contributed by atoms with Crippen LogP contribution in [0.1, 0.15) is 10.4 Å². The summed E-state index contributed by atoms with van der Waals surface area (Å²) in [6.07, 6.45) is -4.56. The van der Waals surface area contributed by atoms with Crippen molar-refractivity contribution in [3.05, 3.63) is 60.4 Å². The summed E-state index contributed by atoms with van der Waals surface area (Å²) in [5.74, 6) is -0.871. The molecule has 0 radical (unpaired) electrons.